The molecule has 0 saturated heterocycles. The van der Waals surface area contributed by atoms with Crippen molar-refractivity contribution in [3.8, 4) is 0 Å². The lowest BCUT2D eigenvalue weighted by Crippen LogP contribution is -2.60. The first-order valence-corrected chi connectivity index (χ1v) is 7.61. The topological polar surface area (TPSA) is 55.1 Å². The molecule has 3 heteroatoms. The quantitative estimate of drug-likeness (QED) is 0.808. The van der Waals surface area contributed by atoms with E-state index in [4.69, 9.17) is 5.73 Å². The molecule has 1 amide bonds. The van der Waals surface area contributed by atoms with Crippen LogP contribution in [0.15, 0.2) is 0 Å². The summed E-state index contributed by atoms with van der Waals surface area (Å²) in [7, 11) is 0. The first kappa shape index (κ1) is 13.9. The Bertz CT molecular complexity index is 293. The predicted molar refractivity (Wildman–Crippen MR) is 74.1 cm³/mol. The summed E-state index contributed by atoms with van der Waals surface area (Å²) in [5.41, 5.74) is 5.33. The van der Waals surface area contributed by atoms with Crippen molar-refractivity contribution >= 4 is 5.91 Å². The smallest absolute Gasteiger partial charge is 0.237 e. The van der Waals surface area contributed by atoms with Gasteiger partial charge in [0.15, 0.2) is 0 Å². The molecule has 18 heavy (non-hydrogen) atoms. The highest BCUT2D eigenvalue weighted by Crippen LogP contribution is 2.37. The van der Waals surface area contributed by atoms with Gasteiger partial charge in [-0.3, -0.25) is 4.79 Å². The number of nitrogens with two attached hydrogens (primary N) is 1. The molecule has 0 heterocycles. The van der Waals surface area contributed by atoms with E-state index in [1.54, 1.807) is 0 Å². The van der Waals surface area contributed by atoms with E-state index in [2.05, 4.69) is 19.2 Å². The average Bonchev–Trinajstić information content (AvgIpc) is 2.81. The van der Waals surface area contributed by atoms with Crippen LogP contribution >= 0.6 is 0 Å². The minimum Gasteiger partial charge on any atom is -0.368 e. The van der Waals surface area contributed by atoms with Gasteiger partial charge in [0, 0.05) is 6.04 Å². The molecule has 0 aromatic rings. The first-order chi connectivity index (χ1) is 8.53. The summed E-state index contributed by atoms with van der Waals surface area (Å²) in [4.78, 5) is 12.0. The van der Waals surface area contributed by atoms with Crippen LogP contribution in [-0.4, -0.2) is 17.5 Å². The first-order valence-electron chi connectivity index (χ1n) is 7.61. The summed E-state index contributed by atoms with van der Waals surface area (Å²) in [6.07, 6.45) is 9.26. The van der Waals surface area contributed by atoms with Crippen molar-refractivity contribution in [3.63, 3.8) is 0 Å². The highest BCUT2D eigenvalue weighted by molar-refractivity contribution is 5.84. The number of amides is 1. The fourth-order valence-electron chi connectivity index (χ4n) is 3.77. The molecule has 0 spiro atoms. The molecule has 2 rings (SSSR count). The molecule has 2 fully saturated rings. The second-order valence-corrected chi connectivity index (χ2v) is 6.67. The van der Waals surface area contributed by atoms with Gasteiger partial charge in [-0.25, -0.2) is 0 Å². The highest BCUT2D eigenvalue weighted by Gasteiger charge is 2.43. The minimum atomic E-state index is -0.414. The fourth-order valence-corrected chi connectivity index (χ4v) is 3.77. The zero-order chi connectivity index (χ0) is 13.2. The summed E-state index contributed by atoms with van der Waals surface area (Å²) in [6, 6.07) is 0.517. The van der Waals surface area contributed by atoms with Crippen molar-refractivity contribution in [2.75, 3.05) is 0 Å². The number of primary amides is 1. The van der Waals surface area contributed by atoms with Crippen molar-refractivity contribution < 1.29 is 4.79 Å². The second-order valence-electron chi connectivity index (χ2n) is 6.67. The van der Waals surface area contributed by atoms with Crippen molar-refractivity contribution in [1.29, 1.82) is 0 Å². The molecule has 104 valence electrons. The van der Waals surface area contributed by atoms with Crippen LogP contribution < -0.4 is 11.1 Å². The van der Waals surface area contributed by atoms with Gasteiger partial charge in [-0.1, -0.05) is 39.5 Å². The van der Waals surface area contributed by atoms with Gasteiger partial charge >= 0.3 is 0 Å². The standard InChI is InChI=1S/C15H28N2O/c1-11(2)12-6-5-9-15(10-12,14(16)18)17-13-7-3-4-8-13/h11-13,17H,3-10H2,1-2H3,(H2,16,18). The van der Waals surface area contributed by atoms with Gasteiger partial charge < -0.3 is 11.1 Å². The Morgan fingerprint density at radius 1 is 1.22 bits per heavy atom. The van der Waals surface area contributed by atoms with Crippen molar-refractivity contribution in [2.45, 2.75) is 76.8 Å². The summed E-state index contributed by atoms with van der Waals surface area (Å²) in [5.74, 6) is 1.16. The Balaban J connectivity index is 2.07. The third-order valence-electron chi connectivity index (χ3n) is 5.04. The van der Waals surface area contributed by atoms with E-state index in [-0.39, 0.29) is 5.91 Å². The summed E-state index contributed by atoms with van der Waals surface area (Å²) in [5, 5.41) is 3.64. The Labute approximate surface area is 111 Å². The second kappa shape index (κ2) is 5.60. The molecule has 0 bridgehead atoms. The van der Waals surface area contributed by atoms with E-state index >= 15 is 0 Å². The molecule has 2 saturated carbocycles. The van der Waals surface area contributed by atoms with Gasteiger partial charge in [0.25, 0.3) is 0 Å². The van der Waals surface area contributed by atoms with Gasteiger partial charge in [0.05, 0.1) is 5.54 Å². The molecule has 2 aliphatic carbocycles. The maximum Gasteiger partial charge on any atom is 0.237 e. The molecular weight excluding hydrogens is 224 g/mol. The lowest BCUT2D eigenvalue weighted by molar-refractivity contribution is -0.127. The normalized spacial score (nSPS) is 34.1. The molecule has 0 aromatic carbocycles. The Morgan fingerprint density at radius 2 is 1.89 bits per heavy atom. The maximum atomic E-state index is 12.0. The van der Waals surface area contributed by atoms with Crippen LogP contribution in [0, 0.1) is 11.8 Å². The fraction of sp³-hybridized carbons (Fsp3) is 0.933. The van der Waals surface area contributed by atoms with E-state index in [9.17, 15) is 4.79 Å². The Kier molecular flexibility index (Phi) is 4.31. The van der Waals surface area contributed by atoms with Crippen LogP contribution in [0.1, 0.15) is 65.2 Å². The lowest BCUT2D eigenvalue weighted by atomic mass is 9.71. The van der Waals surface area contributed by atoms with Crippen LogP contribution in [0.25, 0.3) is 0 Å². The van der Waals surface area contributed by atoms with E-state index in [0.717, 1.165) is 19.3 Å². The lowest BCUT2D eigenvalue weighted by Gasteiger charge is -2.42. The monoisotopic (exact) mass is 252 g/mol. The third kappa shape index (κ3) is 2.87. The molecule has 2 unspecified atom stereocenters. The van der Waals surface area contributed by atoms with E-state index in [1.165, 1.54) is 32.1 Å². The van der Waals surface area contributed by atoms with Crippen LogP contribution in [0.5, 0.6) is 0 Å². The Hall–Kier alpha value is -0.570. The zero-order valence-corrected chi connectivity index (χ0v) is 11.9. The number of hydrogen-bond acceptors (Lipinski definition) is 2. The van der Waals surface area contributed by atoms with Gasteiger partial charge in [-0.2, -0.15) is 0 Å². The summed E-state index contributed by atoms with van der Waals surface area (Å²) in [6.45, 7) is 4.52. The molecule has 0 radical (unpaired) electrons. The number of carbonyl (C=O) groups is 1. The average molecular weight is 252 g/mol. The number of hydrogen-bond donors (Lipinski definition) is 2. The molecular formula is C15H28N2O. The Morgan fingerprint density at radius 3 is 2.44 bits per heavy atom. The molecule has 3 N–H and O–H groups in total. The number of rotatable bonds is 4. The van der Waals surface area contributed by atoms with Crippen LogP contribution in [0.4, 0.5) is 0 Å². The van der Waals surface area contributed by atoms with E-state index in [1.807, 2.05) is 0 Å². The maximum absolute atomic E-state index is 12.0. The number of nitrogens with one attached hydrogen (secondary N) is 1. The van der Waals surface area contributed by atoms with Gasteiger partial charge in [-0.05, 0) is 37.5 Å². The van der Waals surface area contributed by atoms with Gasteiger partial charge in [-0.15, -0.1) is 0 Å². The van der Waals surface area contributed by atoms with Crippen molar-refractivity contribution in [2.24, 2.45) is 17.6 Å². The molecule has 2 atom stereocenters. The largest absolute Gasteiger partial charge is 0.368 e. The predicted octanol–water partition coefficient (Wildman–Crippen LogP) is 2.59. The molecule has 3 nitrogen and oxygen atoms in total. The third-order valence-corrected chi connectivity index (χ3v) is 5.04. The molecule has 0 aromatic heterocycles. The zero-order valence-electron chi connectivity index (χ0n) is 11.9. The molecule has 2 aliphatic rings. The molecule has 0 aliphatic heterocycles. The van der Waals surface area contributed by atoms with Crippen LogP contribution in [0.2, 0.25) is 0 Å². The minimum absolute atomic E-state index is 0.125. The van der Waals surface area contributed by atoms with Crippen LogP contribution in [-0.2, 0) is 4.79 Å². The summed E-state index contributed by atoms with van der Waals surface area (Å²) < 4.78 is 0. The SMILES string of the molecule is CC(C)C1CCCC(NC2CCCC2)(C(N)=O)C1. The van der Waals surface area contributed by atoms with E-state index < -0.39 is 5.54 Å². The van der Waals surface area contributed by atoms with E-state index in [0.29, 0.717) is 17.9 Å². The van der Waals surface area contributed by atoms with Gasteiger partial charge in [0.1, 0.15) is 0 Å². The summed E-state index contributed by atoms with van der Waals surface area (Å²) >= 11 is 0. The number of carbonyl (C=O) groups excluding carboxylic acids is 1. The van der Waals surface area contributed by atoms with Crippen molar-refractivity contribution in [3.05, 3.63) is 0 Å². The van der Waals surface area contributed by atoms with Crippen LogP contribution in [0.3, 0.4) is 0 Å². The highest BCUT2D eigenvalue weighted by atomic mass is 16.1. The van der Waals surface area contributed by atoms with Crippen molar-refractivity contribution in [1.82, 2.24) is 5.32 Å². The van der Waals surface area contributed by atoms with Gasteiger partial charge in [0.2, 0.25) is 5.91 Å².